The maximum atomic E-state index is 12.2. The third-order valence-corrected chi connectivity index (χ3v) is 9.33. The van der Waals surface area contributed by atoms with Gasteiger partial charge in [-0.1, -0.05) is 110 Å². The van der Waals surface area contributed by atoms with Crippen LogP contribution in [0, 0.1) is 0 Å². The fourth-order valence-electron chi connectivity index (χ4n) is 5.63. The highest BCUT2D eigenvalue weighted by Gasteiger charge is 2.50. The summed E-state index contributed by atoms with van der Waals surface area (Å²) in [5.41, 5.74) is 10.1. The molecule has 0 amide bonds. The lowest BCUT2D eigenvalue weighted by Gasteiger charge is -2.45. The molecule has 0 aliphatic heterocycles. The summed E-state index contributed by atoms with van der Waals surface area (Å²) in [6.45, 7) is 7.86. The van der Waals surface area contributed by atoms with E-state index in [0.29, 0.717) is 18.8 Å². The van der Waals surface area contributed by atoms with Crippen LogP contribution in [0.4, 0.5) is 0 Å². The molecule has 0 aromatic heterocycles. The molecule has 1 aliphatic rings. The van der Waals surface area contributed by atoms with Gasteiger partial charge in [0.05, 0.1) is 48.7 Å². The van der Waals surface area contributed by atoms with Crippen molar-refractivity contribution in [3.8, 4) is 11.5 Å². The quantitative estimate of drug-likeness (QED) is 0.102. The van der Waals surface area contributed by atoms with E-state index < -0.39 is 38.6 Å². The maximum Gasteiger partial charge on any atom is 0.118 e. The summed E-state index contributed by atoms with van der Waals surface area (Å²) in [6.07, 6.45) is -3.83. The topological polar surface area (TPSA) is 75.6 Å². The molecular weight excluding hydrogens is 633 g/mol. The zero-order valence-electron chi connectivity index (χ0n) is 29.1. The lowest BCUT2D eigenvalue weighted by atomic mass is 9.82. The SMILES string of the molecule is COc1ccc(CO[C@@H]2[C@H](OCc3ccccc3)[C@@H](O)C(=C=C[Si](C)(C)C)[C@H](OCc3ccc(OC)cc3)[C@H]2OCc2ccccc2)cc1. The Bertz CT molecular complexity index is 1630. The summed E-state index contributed by atoms with van der Waals surface area (Å²) in [6, 6.07) is 35.5. The van der Waals surface area contributed by atoms with Crippen molar-refractivity contribution in [2.45, 2.75) is 76.6 Å². The number of hydrogen-bond acceptors (Lipinski definition) is 7. The van der Waals surface area contributed by atoms with Gasteiger partial charge in [0, 0.05) is 5.57 Å². The third-order valence-electron chi connectivity index (χ3n) is 8.31. The van der Waals surface area contributed by atoms with Gasteiger partial charge < -0.3 is 33.5 Å². The van der Waals surface area contributed by atoms with Crippen LogP contribution in [0.25, 0.3) is 0 Å². The van der Waals surface area contributed by atoms with Gasteiger partial charge in [0.1, 0.15) is 42.0 Å². The molecule has 5 rings (SSSR count). The van der Waals surface area contributed by atoms with Gasteiger partial charge in [-0.2, -0.15) is 0 Å². The number of aliphatic hydroxyl groups excluding tert-OH is 1. The van der Waals surface area contributed by atoms with Crippen molar-refractivity contribution in [1.29, 1.82) is 0 Å². The van der Waals surface area contributed by atoms with Gasteiger partial charge in [0.2, 0.25) is 0 Å². The third kappa shape index (κ3) is 10.5. The first-order chi connectivity index (χ1) is 23.7. The van der Waals surface area contributed by atoms with Gasteiger partial charge in [0.15, 0.2) is 0 Å². The van der Waals surface area contributed by atoms with Crippen LogP contribution in [-0.4, -0.2) is 57.9 Å². The highest BCUT2D eigenvalue weighted by molar-refractivity contribution is 6.80. The molecule has 4 aromatic carbocycles. The minimum Gasteiger partial charge on any atom is -0.497 e. The molecule has 4 aromatic rings. The standard InChI is InChI=1S/C41H48O7Si/c1-43-34-20-16-32(17-21-34)28-45-38-36(24-25-49(3,4)5)37(42)39(46-26-30-12-8-6-9-13-30)41(40(38)47-27-31-14-10-7-11-15-31)48-29-33-18-22-35(44-2)23-19-33/h6-23,25,37-42H,26-29H2,1-5H3/t24?,37-,38-,39+,40+,41+/m0/s1. The monoisotopic (exact) mass is 680 g/mol. The van der Waals surface area contributed by atoms with E-state index in [0.717, 1.165) is 33.8 Å². The Morgan fingerprint density at radius 1 is 0.551 bits per heavy atom. The lowest BCUT2D eigenvalue weighted by Crippen LogP contribution is -2.60. The van der Waals surface area contributed by atoms with Gasteiger partial charge in [0.25, 0.3) is 0 Å². The zero-order valence-corrected chi connectivity index (χ0v) is 30.1. The second-order valence-corrected chi connectivity index (χ2v) is 18.3. The Balaban J connectivity index is 1.55. The van der Waals surface area contributed by atoms with E-state index in [2.05, 4.69) is 31.1 Å². The average molecular weight is 681 g/mol. The Kier molecular flexibility index (Phi) is 13.0. The number of hydrogen-bond donors (Lipinski definition) is 1. The minimum absolute atomic E-state index is 0.271. The van der Waals surface area contributed by atoms with Crippen molar-refractivity contribution >= 4 is 8.07 Å². The first kappa shape index (κ1) is 36.3. The molecule has 0 spiro atoms. The van der Waals surface area contributed by atoms with Gasteiger partial charge >= 0.3 is 0 Å². The lowest BCUT2D eigenvalue weighted by molar-refractivity contribution is -0.221. The summed E-state index contributed by atoms with van der Waals surface area (Å²) < 4.78 is 37.6. The molecule has 1 aliphatic carbocycles. The molecule has 8 heteroatoms. The Labute approximate surface area is 291 Å². The Morgan fingerprint density at radius 3 is 1.41 bits per heavy atom. The maximum absolute atomic E-state index is 12.2. The molecule has 258 valence electrons. The fourth-order valence-corrected chi connectivity index (χ4v) is 6.23. The second-order valence-electron chi connectivity index (χ2n) is 13.3. The molecule has 1 N–H and O–H groups in total. The zero-order chi connectivity index (χ0) is 34.6. The highest BCUT2D eigenvalue weighted by atomic mass is 28.3. The number of benzene rings is 4. The Hall–Kier alpha value is -3.98. The summed E-state index contributed by atoms with van der Waals surface area (Å²) in [4.78, 5) is 0. The predicted molar refractivity (Wildman–Crippen MR) is 194 cm³/mol. The van der Waals surface area contributed by atoms with Gasteiger partial charge in [-0.3, -0.25) is 0 Å². The second kappa shape index (κ2) is 17.6. The molecule has 0 unspecified atom stereocenters. The van der Waals surface area contributed by atoms with E-state index in [1.165, 1.54) is 0 Å². The minimum atomic E-state index is -1.73. The van der Waals surface area contributed by atoms with Crippen LogP contribution in [0.5, 0.6) is 11.5 Å². The number of aliphatic hydroxyl groups is 1. The van der Waals surface area contributed by atoms with E-state index in [-0.39, 0.29) is 13.2 Å². The molecule has 49 heavy (non-hydrogen) atoms. The summed E-state index contributed by atoms with van der Waals surface area (Å²) >= 11 is 0. The van der Waals surface area contributed by atoms with Crippen LogP contribution in [-0.2, 0) is 45.4 Å². The Morgan fingerprint density at radius 2 is 0.959 bits per heavy atom. The van der Waals surface area contributed by atoms with Gasteiger partial charge in [-0.25, -0.2) is 0 Å². The van der Waals surface area contributed by atoms with Crippen molar-refractivity contribution < 1.29 is 33.5 Å². The molecule has 1 fully saturated rings. The van der Waals surface area contributed by atoms with Gasteiger partial charge in [-0.05, 0) is 46.5 Å². The molecule has 5 atom stereocenters. The van der Waals surface area contributed by atoms with Crippen molar-refractivity contribution in [1.82, 2.24) is 0 Å². The molecular formula is C41H48O7Si. The number of rotatable bonds is 15. The van der Waals surface area contributed by atoms with Crippen molar-refractivity contribution in [3.05, 3.63) is 148 Å². The van der Waals surface area contributed by atoms with E-state index in [1.807, 2.05) is 109 Å². The summed E-state index contributed by atoms with van der Waals surface area (Å²) in [5, 5.41) is 12.2. The van der Waals surface area contributed by atoms with E-state index >= 15 is 0 Å². The van der Waals surface area contributed by atoms with Crippen molar-refractivity contribution in [2.75, 3.05) is 14.2 Å². The molecule has 0 radical (unpaired) electrons. The first-order valence-electron chi connectivity index (χ1n) is 16.7. The van der Waals surface area contributed by atoms with Crippen LogP contribution in [0.15, 0.2) is 126 Å². The molecule has 7 nitrogen and oxygen atoms in total. The van der Waals surface area contributed by atoms with Crippen molar-refractivity contribution in [2.24, 2.45) is 0 Å². The summed E-state index contributed by atoms with van der Waals surface area (Å²) in [7, 11) is 1.56. The van der Waals surface area contributed by atoms with E-state index in [9.17, 15) is 5.11 Å². The summed E-state index contributed by atoms with van der Waals surface area (Å²) in [5.74, 6) is 1.53. The molecule has 0 heterocycles. The molecule has 0 bridgehead atoms. The largest absolute Gasteiger partial charge is 0.497 e. The first-order valence-corrected chi connectivity index (χ1v) is 20.3. The van der Waals surface area contributed by atoms with E-state index in [4.69, 9.17) is 28.4 Å². The number of ether oxygens (including phenoxy) is 6. The predicted octanol–water partition coefficient (Wildman–Crippen LogP) is 7.68. The van der Waals surface area contributed by atoms with Crippen molar-refractivity contribution in [3.63, 3.8) is 0 Å². The van der Waals surface area contributed by atoms with Crippen LogP contribution in [0.2, 0.25) is 19.6 Å². The van der Waals surface area contributed by atoms with Crippen LogP contribution in [0.3, 0.4) is 0 Å². The molecule has 0 saturated heterocycles. The van der Waals surface area contributed by atoms with Crippen LogP contribution >= 0.6 is 0 Å². The number of methoxy groups -OCH3 is 2. The van der Waals surface area contributed by atoms with Gasteiger partial charge in [-0.15, -0.1) is 5.73 Å². The average Bonchev–Trinajstić information content (AvgIpc) is 3.12. The van der Waals surface area contributed by atoms with Crippen LogP contribution < -0.4 is 9.47 Å². The smallest absolute Gasteiger partial charge is 0.118 e. The van der Waals surface area contributed by atoms with Crippen LogP contribution in [0.1, 0.15) is 22.3 Å². The molecule has 1 saturated carbocycles. The normalized spacial score (nSPS) is 20.8. The fraction of sp³-hybridized carbons (Fsp3) is 0.341. The highest BCUT2D eigenvalue weighted by Crippen LogP contribution is 2.36. The van der Waals surface area contributed by atoms with E-state index in [1.54, 1.807) is 14.2 Å².